The second-order valence-electron chi connectivity index (χ2n) is 11.9. The molecule has 222 valence electrons. The van der Waals surface area contributed by atoms with E-state index < -0.39 is 0 Å². The molecular weight excluding hydrogens is 575 g/mol. The van der Waals surface area contributed by atoms with Crippen molar-refractivity contribution in [3.05, 3.63) is 180 Å². The van der Waals surface area contributed by atoms with Gasteiger partial charge in [0.05, 0.1) is 17.1 Å². The molecule has 0 saturated carbocycles. The number of benzene rings is 6. The Morgan fingerprint density at radius 2 is 1.30 bits per heavy atom. The minimum absolute atomic E-state index is 0.228. The van der Waals surface area contributed by atoms with Crippen LogP contribution in [0.2, 0.25) is 0 Å². The van der Waals surface area contributed by atoms with Crippen LogP contribution in [0.4, 0.5) is 17.1 Å². The summed E-state index contributed by atoms with van der Waals surface area (Å²) in [6.45, 7) is -0.228. The Kier molecular flexibility index (Phi) is 6.35. The van der Waals surface area contributed by atoms with Crippen molar-refractivity contribution in [2.75, 3.05) is 4.90 Å². The molecule has 7 aromatic rings. The normalized spacial score (nSPS) is 15.1. The van der Waals surface area contributed by atoms with Gasteiger partial charge in [0, 0.05) is 39.4 Å². The van der Waals surface area contributed by atoms with Gasteiger partial charge in [0.2, 0.25) is 0 Å². The first-order valence-electron chi connectivity index (χ1n) is 15.9. The fraction of sp³-hybridized carbons (Fsp3) is 0. The molecule has 3 heterocycles. The molecule has 0 bridgehead atoms. The first-order valence-corrected chi connectivity index (χ1v) is 15.9. The second kappa shape index (κ2) is 11.0. The zero-order valence-corrected chi connectivity index (χ0v) is 25.5. The maximum absolute atomic E-state index is 11.0. The zero-order chi connectivity index (χ0) is 31.3. The van der Waals surface area contributed by atoms with Crippen LogP contribution in [-0.4, -0.2) is 16.4 Å². The van der Waals surface area contributed by atoms with Crippen LogP contribution < -0.4 is 31.1 Å². The molecule has 0 atom stereocenters. The van der Waals surface area contributed by atoms with Crippen molar-refractivity contribution in [1.82, 2.24) is 4.57 Å². The molecule has 1 N–H and O–H groups in total. The average molecular weight is 605 g/mol. The van der Waals surface area contributed by atoms with Crippen LogP contribution in [0.25, 0.3) is 28.7 Å². The van der Waals surface area contributed by atoms with Crippen LogP contribution in [0.3, 0.4) is 0 Å². The van der Waals surface area contributed by atoms with Gasteiger partial charge in [0.15, 0.2) is 0 Å². The number of hydrogen-bond donors (Lipinski definition) is 1. The number of nitrogens with zero attached hydrogens (tertiary/aromatic N) is 2. The highest BCUT2D eigenvalue weighted by molar-refractivity contribution is 6.94. The number of aromatic nitrogens is 1. The molecule has 5 heteroatoms. The molecule has 0 radical (unpaired) electrons. The number of aliphatic hydroxyl groups excluding tert-OH is 1. The highest BCUT2D eigenvalue weighted by Gasteiger charge is 2.36. The highest BCUT2D eigenvalue weighted by atomic mass is 16.5. The zero-order valence-electron chi connectivity index (χ0n) is 25.5. The lowest BCUT2D eigenvalue weighted by Gasteiger charge is -2.31. The smallest absolute Gasteiger partial charge is 0.255 e. The second-order valence-corrected chi connectivity index (χ2v) is 11.9. The van der Waals surface area contributed by atoms with Crippen LogP contribution in [0.1, 0.15) is 5.56 Å². The Hall–Kier alpha value is -6.20. The van der Waals surface area contributed by atoms with Crippen LogP contribution in [0.5, 0.6) is 11.5 Å². The van der Waals surface area contributed by atoms with Crippen molar-refractivity contribution in [2.45, 2.75) is 0 Å². The van der Waals surface area contributed by atoms with Gasteiger partial charge in [0.1, 0.15) is 11.5 Å². The summed E-state index contributed by atoms with van der Waals surface area (Å²) >= 11 is 0. The molecule has 1 aromatic heterocycles. The van der Waals surface area contributed by atoms with Crippen molar-refractivity contribution in [1.29, 1.82) is 0 Å². The van der Waals surface area contributed by atoms with E-state index in [4.69, 9.17) is 4.74 Å². The number of hydrogen-bond acceptors (Lipinski definition) is 3. The molecule has 0 amide bonds. The minimum Gasteiger partial charge on any atom is -0.516 e. The van der Waals surface area contributed by atoms with Crippen molar-refractivity contribution in [3.8, 4) is 17.2 Å². The summed E-state index contributed by atoms with van der Waals surface area (Å²) in [7, 11) is 0. The third-order valence-corrected chi connectivity index (χ3v) is 9.26. The number of rotatable bonds is 4. The number of allylic oxidation sites excluding steroid dienone is 1. The Labute approximate surface area is 273 Å². The average Bonchev–Trinajstić information content (AvgIpc) is 3.42. The van der Waals surface area contributed by atoms with Crippen LogP contribution in [-0.2, 0) is 0 Å². The predicted octanol–water partition coefficient (Wildman–Crippen LogP) is 7.42. The number of ether oxygens (including phenoxy) is 1. The van der Waals surface area contributed by atoms with Gasteiger partial charge in [-0.15, -0.1) is 0 Å². The van der Waals surface area contributed by atoms with Gasteiger partial charge >= 0.3 is 0 Å². The largest absolute Gasteiger partial charge is 0.516 e. The van der Waals surface area contributed by atoms with E-state index in [1.807, 2.05) is 24.3 Å². The number of anilines is 3. The summed E-state index contributed by atoms with van der Waals surface area (Å²) in [5.74, 6) is 1.56. The van der Waals surface area contributed by atoms with Gasteiger partial charge in [-0.1, -0.05) is 97.1 Å². The molecule has 0 spiro atoms. The SMILES string of the molecule is O/C=C1/C=c2\c(n(-c3ccccc3)c3ccccc23)=C/c2cccc3c2B1c1ccc(N(c2ccccc2)c2ccccc2)cc1O3. The lowest BCUT2D eigenvalue weighted by Crippen LogP contribution is -2.50. The van der Waals surface area contributed by atoms with Gasteiger partial charge in [-0.3, -0.25) is 0 Å². The quantitative estimate of drug-likeness (QED) is 0.168. The Balaban J connectivity index is 1.28. The van der Waals surface area contributed by atoms with E-state index in [-0.39, 0.29) is 6.71 Å². The first kappa shape index (κ1) is 27.1. The topological polar surface area (TPSA) is 37.6 Å². The molecule has 0 fully saturated rings. The Morgan fingerprint density at radius 1 is 0.617 bits per heavy atom. The lowest BCUT2D eigenvalue weighted by molar-refractivity contribution is 0.472. The molecule has 9 rings (SSSR count). The third kappa shape index (κ3) is 4.39. The van der Waals surface area contributed by atoms with Crippen molar-refractivity contribution in [3.63, 3.8) is 0 Å². The van der Waals surface area contributed by atoms with Crippen molar-refractivity contribution < 1.29 is 9.84 Å². The van der Waals surface area contributed by atoms with E-state index >= 15 is 0 Å². The fourth-order valence-electron chi connectivity index (χ4n) is 7.24. The van der Waals surface area contributed by atoms with Gasteiger partial charge in [-0.25, -0.2) is 0 Å². The maximum atomic E-state index is 11.0. The molecule has 4 nitrogen and oxygen atoms in total. The molecular formula is C42H29BN2O2. The van der Waals surface area contributed by atoms with Crippen molar-refractivity contribution >= 4 is 57.8 Å². The summed E-state index contributed by atoms with van der Waals surface area (Å²) in [5.41, 5.74) is 9.23. The van der Waals surface area contributed by atoms with E-state index in [1.54, 1.807) is 0 Å². The predicted molar refractivity (Wildman–Crippen MR) is 194 cm³/mol. The minimum atomic E-state index is -0.228. The van der Waals surface area contributed by atoms with E-state index in [2.05, 4.69) is 149 Å². The molecule has 0 saturated heterocycles. The first-order chi connectivity index (χ1) is 23.3. The van der Waals surface area contributed by atoms with Gasteiger partial charge in [0.25, 0.3) is 6.71 Å². The monoisotopic (exact) mass is 604 g/mol. The van der Waals surface area contributed by atoms with E-state index in [1.165, 1.54) is 6.26 Å². The molecule has 2 aliphatic rings. The molecule has 0 aliphatic carbocycles. The Bertz CT molecular complexity index is 2410. The molecule has 0 unspecified atom stereocenters. The van der Waals surface area contributed by atoms with Crippen molar-refractivity contribution in [2.24, 2.45) is 0 Å². The van der Waals surface area contributed by atoms with E-state index in [0.717, 1.165) is 77.7 Å². The summed E-state index contributed by atoms with van der Waals surface area (Å²) < 4.78 is 9.07. The lowest BCUT2D eigenvalue weighted by atomic mass is 9.34. The van der Waals surface area contributed by atoms with Crippen LogP contribution >= 0.6 is 0 Å². The number of para-hydroxylation sites is 4. The molecule has 6 aromatic carbocycles. The maximum Gasteiger partial charge on any atom is 0.255 e. The van der Waals surface area contributed by atoms with Crippen LogP contribution in [0, 0.1) is 0 Å². The van der Waals surface area contributed by atoms with Crippen LogP contribution in [0.15, 0.2) is 163 Å². The number of aliphatic hydroxyl groups is 1. The fourth-order valence-corrected chi connectivity index (χ4v) is 7.24. The van der Waals surface area contributed by atoms with Gasteiger partial charge in [-0.05, 0) is 82.6 Å². The highest BCUT2D eigenvalue weighted by Crippen LogP contribution is 2.38. The molecule has 2 aliphatic heterocycles. The Morgan fingerprint density at radius 3 is 2.02 bits per heavy atom. The third-order valence-electron chi connectivity index (χ3n) is 9.26. The van der Waals surface area contributed by atoms with E-state index in [0.29, 0.717) is 0 Å². The standard InChI is InChI=1S/C42H29BN2O2/c46-28-30-26-36-35-20-10-11-21-38(35)45(33-18-8-3-9-19-33)39(36)25-29-13-12-22-40-42(29)43(30)37-24-23-34(27-41(37)47-40)44(31-14-4-1-5-15-31)32-16-6-2-7-17-32/h1-28,46H/b30-28-,36-26-,39-25+. The summed E-state index contributed by atoms with van der Waals surface area (Å²) in [5, 5.41) is 14.2. The van der Waals surface area contributed by atoms with Gasteiger partial charge in [-0.2, -0.15) is 0 Å². The summed E-state index contributed by atoms with van der Waals surface area (Å²) in [6.07, 6.45) is 5.70. The molecule has 47 heavy (non-hydrogen) atoms. The van der Waals surface area contributed by atoms with E-state index in [9.17, 15) is 5.11 Å². The number of fused-ring (bicyclic) bond motifs is 5. The summed E-state index contributed by atoms with van der Waals surface area (Å²) in [6, 6.07) is 52.3. The van der Waals surface area contributed by atoms with Gasteiger partial charge < -0.3 is 19.3 Å². The summed E-state index contributed by atoms with van der Waals surface area (Å²) in [4.78, 5) is 2.24.